The van der Waals surface area contributed by atoms with Gasteiger partial charge in [0.15, 0.2) is 0 Å². The Labute approximate surface area is 209 Å². The number of aryl methyl sites for hydroxylation is 2. The summed E-state index contributed by atoms with van der Waals surface area (Å²) in [5.41, 5.74) is 4.81. The van der Waals surface area contributed by atoms with Crippen molar-refractivity contribution in [3.8, 4) is 5.75 Å². The molecule has 0 aliphatic rings. The van der Waals surface area contributed by atoms with Crippen molar-refractivity contribution in [3.63, 3.8) is 0 Å². The minimum absolute atomic E-state index is 0.0478. The molecule has 0 aromatic heterocycles. The van der Waals surface area contributed by atoms with Crippen molar-refractivity contribution in [2.45, 2.75) is 25.7 Å². The molecular formula is C25H24ClN3O5S. The van der Waals surface area contributed by atoms with Gasteiger partial charge in [0, 0.05) is 11.9 Å². The molecule has 0 radical (unpaired) electrons. The van der Waals surface area contributed by atoms with Gasteiger partial charge in [-0.1, -0.05) is 35.4 Å². The highest BCUT2D eigenvalue weighted by molar-refractivity contribution is 7.92. The monoisotopic (exact) mass is 513 g/mol. The Morgan fingerprint density at radius 3 is 2.31 bits per heavy atom. The molecule has 3 aromatic carbocycles. The van der Waals surface area contributed by atoms with E-state index in [1.807, 2.05) is 6.92 Å². The molecule has 1 amide bonds. The molecule has 0 unspecified atom stereocenters. The van der Waals surface area contributed by atoms with E-state index in [9.17, 15) is 18.0 Å². The number of amides is 1. The van der Waals surface area contributed by atoms with E-state index < -0.39 is 28.4 Å². The van der Waals surface area contributed by atoms with Crippen LogP contribution in [-0.4, -0.2) is 33.1 Å². The largest absolute Gasteiger partial charge is 0.427 e. The molecule has 0 saturated heterocycles. The van der Waals surface area contributed by atoms with Crippen molar-refractivity contribution in [1.29, 1.82) is 0 Å². The number of halogens is 1. The molecule has 3 aromatic rings. The SMILES string of the molecule is CC(=O)Oc1ccc(/C=N\NC(=O)CN(c2cc(Cl)ccc2C)S(=O)(=O)c2ccc(C)cc2)cc1. The average molecular weight is 514 g/mol. The molecule has 0 atom stereocenters. The van der Waals surface area contributed by atoms with Gasteiger partial charge in [0.05, 0.1) is 16.8 Å². The first kappa shape index (κ1) is 25.9. The first-order valence-corrected chi connectivity index (χ1v) is 12.3. The number of nitrogens with one attached hydrogen (secondary N) is 1. The average Bonchev–Trinajstić information content (AvgIpc) is 2.80. The normalized spacial score (nSPS) is 11.3. The second kappa shape index (κ2) is 11.2. The van der Waals surface area contributed by atoms with Gasteiger partial charge in [-0.05, 0) is 73.5 Å². The van der Waals surface area contributed by atoms with Crippen LogP contribution in [0.3, 0.4) is 0 Å². The third-order valence-electron chi connectivity index (χ3n) is 4.88. The lowest BCUT2D eigenvalue weighted by molar-refractivity contribution is -0.131. The van der Waals surface area contributed by atoms with Crippen molar-refractivity contribution in [2.75, 3.05) is 10.8 Å². The van der Waals surface area contributed by atoms with Gasteiger partial charge in [0.25, 0.3) is 15.9 Å². The van der Waals surface area contributed by atoms with Crippen LogP contribution >= 0.6 is 11.6 Å². The molecule has 1 N–H and O–H groups in total. The molecule has 10 heteroatoms. The van der Waals surface area contributed by atoms with Crippen LogP contribution in [0.4, 0.5) is 5.69 Å². The lowest BCUT2D eigenvalue weighted by Crippen LogP contribution is -2.40. The predicted octanol–water partition coefficient (Wildman–Crippen LogP) is 4.23. The van der Waals surface area contributed by atoms with Gasteiger partial charge in [0.2, 0.25) is 0 Å². The smallest absolute Gasteiger partial charge is 0.308 e. The van der Waals surface area contributed by atoms with E-state index in [0.717, 1.165) is 9.87 Å². The van der Waals surface area contributed by atoms with Crippen molar-refractivity contribution < 1.29 is 22.7 Å². The van der Waals surface area contributed by atoms with E-state index >= 15 is 0 Å². The maximum atomic E-state index is 13.5. The Balaban J connectivity index is 1.81. The Kier molecular flexibility index (Phi) is 8.26. The van der Waals surface area contributed by atoms with Crippen molar-refractivity contribution in [1.82, 2.24) is 5.43 Å². The van der Waals surface area contributed by atoms with E-state index in [-0.39, 0.29) is 4.90 Å². The van der Waals surface area contributed by atoms with Crippen molar-refractivity contribution in [3.05, 3.63) is 88.4 Å². The maximum Gasteiger partial charge on any atom is 0.308 e. The van der Waals surface area contributed by atoms with E-state index in [0.29, 0.717) is 27.6 Å². The minimum atomic E-state index is -4.08. The number of hydrogen-bond donors (Lipinski definition) is 1. The van der Waals surface area contributed by atoms with Gasteiger partial charge in [0.1, 0.15) is 12.3 Å². The number of benzene rings is 3. The summed E-state index contributed by atoms with van der Waals surface area (Å²) >= 11 is 6.13. The summed E-state index contributed by atoms with van der Waals surface area (Å²) in [6, 6.07) is 17.7. The van der Waals surface area contributed by atoms with Crippen LogP contribution in [0, 0.1) is 13.8 Å². The Bertz CT molecular complexity index is 1350. The molecule has 0 heterocycles. The fourth-order valence-corrected chi connectivity index (χ4v) is 4.76. The molecule has 0 aliphatic carbocycles. The molecule has 0 aliphatic heterocycles. The van der Waals surface area contributed by atoms with Crippen LogP contribution in [0.15, 0.2) is 76.7 Å². The Morgan fingerprint density at radius 1 is 1.03 bits per heavy atom. The number of esters is 1. The van der Waals surface area contributed by atoms with Crippen molar-refractivity contribution in [2.24, 2.45) is 5.10 Å². The van der Waals surface area contributed by atoms with Crippen LogP contribution in [0.2, 0.25) is 5.02 Å². The lowest BCUT2D eigenvalue weighted by atomic mass is 10.2. The summed E-state index contributed by atoms with van der Waals surface area (Å²) in [5, 5.41) is 4.24. The van der Waals surface area contributed by atoms with Crippen molar-refractivity contribution >= 4 is 45.4 Å². The van der Waals surface area contributed by atoms with E-state index in [2.05, 4.69) is 10.5 Å². The first-order valence-electron chi connectivity index (χ1n) is 10.5. The number of sulfonamides is 1. The van der Waals surface area contributed by atoms with Gasteiger partial charge in [-0.15, -0.1) is 0 Å². The van der Waals surface area contributed by atoms with E-state index in [1.54, 1.807) is 55.5 Å². The Hall–Kier alpha value is -3.69. The van der Waals surface area contributed by atoms with Crippen LogP contribution in [0.5, 0.6) is 5.75 Å². The number of carbonyl (C=O) groups is 2. The topological polar surface area (TPSA) is 105 Å². The summed E-state index contributed by atoms with van der Waals surface area (Å²) in [4.78, 5) is 23.7. The molecule has 35 heavy (non-hydrogen) atoms. The minimum Gasteiger partial charge on any atom is -0.427 e. The van der Waals surface area contributed by atoms with Crippen LogP contribution < -0.4 is 14.5 Å². The van der Waals surface area contributed by atoms with Crippen LogP contribution in [-0.2, 0) is 19.6 Å². The molecule has 0 fully saturated rings. The maximum absolute atomic E-state index is 13.5. The number of hydrogen-bond acceptors (Lipinski definition) is 6. The summed E-state index contributed by atoms with van der Waals surface area (Å²) in [7, 11) is -4.08. The number of anilines is 1. The highest BCUT2D eigenvalue weighted by atomic mass is 35.5. The molecule has 0 spiro atoms. The fraction of sp³-hybridized carbons (Fsp3) is 0.160. The number of ether oxygens (including phenoxy) is 1. The third kappa shape index (κ3) is 6.91. The first-order chi connectivity index (χ1) is 16.6. The predicted molar refractivity (Wildman–Crippen MR) is 135 cm³/mol. The Morgan fingerprint density at radius 2 is 1.69 bits per heavy atom. The van der Waals surface area contributed by atoms with Gasteiger partial charge in [-0.2, -0.15) is 5.10 Å². The summed E-state index contributed by atoms with van der Waals surface area (Å²) in [5.74, 6) is -0.695. The van der Waals surface area contributed by atoms with Gasteiger partial charge < -0.3 is 4.74 Å². The quantitative estimate of drug-likeness (QED) is 0.210. The van der Waals surface area contributed by atoms with Gasteiger partial charge in [-0.25, -0.2) is 13.8 Å². The highest BCUT2D eigenvalue weighted by Crippen LogP contribution is 2.29. The third-order valence-corrected chi connectivity index (χ3v) is 6.89. The molecular weight excluding hydrogens is 490 g/mol. The zero-order valence-corrected chi connectivity index (χ0v) is 20.9. The van der Waals surface area contributed by atoms with Crippen LogP contribution in [0.1, 0.15) is 23.6 Å². The zero-order chi connectivity index (χ0) is 25.6. The standard InChI is InChI=1S/C25H24ClN3O5S/c1-17-4-12-23(13-5-17)35(32,33)29(24-14-21(26)9-6-18(24)2)16-25(31)28-27-15-20-7-10-22(11-8-20)34-19(3)30/h4-15H,16H2,1-3H3,(H,28,31)/b27-15-. The molecule has 0 saturated carbocycles. The number of nitrogens with zero attached hydrogens (tertiary/aromatic N) is 2. The highest BCUT2D eigenvalue weighted by Gasteiger charge is 2.28. The van der Waals surface area contributed by atoms with Gasteiger partial charge >= 0.3 is 5.97 Å². The zero-order valence-electron chi connectivity index (χ0n) is 19.4. The van der Waals surface area contributed by atoms with E-state index in [4.69, 9.17) is 16.3 Å². The number of rotatable bonds is 8. The second-order valence-corrected chi connectivity index (χ2v) is 10.0. The van der Waals surface area contributed by atoms with Gasteiger partial charge in [-0.3, -0.25) is 13.9 Å². The molecule has 3 rings (SSSR count). The number of carbonyl (C=O) groups excluding carboxylic acids is 2. The summed E-state index contributed by atoms with van der Waals surface area (Å²) < 4.78 is 32.9. The summed E-state index contributed by atoms with van der Waals surface area (Å²) in [6.07, 6.45) is 1.39. The molecule has 0 bridgehead atoms. The fourth-order valence-electron chi connectivity index (χ4n) is 3.12. The molecule has 182 valence electrons. The van der Waals surface area contributed by atoms with E-state index in [1.165, 1.54) is 31.3 Å². The lowest BCUT2D eigenvalue weighted by Gasteiger charge is -2.25. The summed E-state index contributed by atoms with van der Waals surface area (Å²) in [6.45, 7) is 4.38. The van der Waals surface area contributed by atoms with Crippen LogP contribution in [0.25, 0.3) is 0 Å². The number of hydrazone groups is 1. The molecule has 8 nitrogen and oxygen atoms in total. The second-order valence-electron chi connectivity index (χ2n) is 7.71.